The summed E-state index contributed by atoms with van der Waals surface area (Å²) in [7, 11) is 0. The maximum atomic E-state index is 11.6. The molecule has 0 heterocycles. The van der Waals surface area contributed by atoms with Gasteiger partial charge in [0.25, 0.3) is 0 Å². The predicted octanol–water partition coefficient (Wildman–Crippen LogP) is 2.12. The lowest BCUT2D eigenvalue weighted by Crippen LogP contribution is -2.26. The highest BCUT2D eigenvalue weighted by Crippen LogP contribution is 2.30. The van der Waals surface area contributed by atoms with Gasteiger partial charge in [-0.25, -0.2) is 0 Å². The van der Waals surface area contributed by atoms with E-state index < -0.39 is 18.9 Å². The van der Waals surface area contributed by atoms with Crippen molar-refractivity contribution in [2.45, 2.75) is 38.0 Å². The third-order valence-corrected chi connectivity index (χ3v) is 2.41. The highest BCUT2D eigenvalue weighted by atomic mass is 19.4. The largest absolute Gasteiger partial charge is 0.411 e. The molecule has 1 fully saturated rings. The van der Waals surface area contributed by atoms with E-state index in [1.165, 1.54) is 6.42 Å². The molecule has 0 saturated heterocycles. The fourth-order valence-electron chi connectivity index (χ4n) is 1.49. The molecule has 0 aliphatic heterocycles. The van der Waals surface area contributed by atoms with Crippen molar-refractivity contribution in [1.82, 2.24) is 0 Å². The Kier molecular flexibility index (Phi) is 4.19. The third kappa shape index (κ3) is 4.81. The molecule has 0 aromatic rings. The van der Waals surface area contributed by atoms with Crippen LogP contribution in [-0.4, -0.2) is 30.6 Å². The number of rotatable bonds is 5. The van der Waals surface area contributed by atoms with E-state index in [1.54, 1.807) is 0 Å². The summed E-state index contributed by atoms with van der Waals surface area (Å²) < 4.78 is 39.3. The fraction of sp³-hybridized carbons (Fsp3) is 1.00. The lowest BCUT2D eigenvalue weighted by atomic mass is 9.81. The summed E-state index contributed by atoms with van der Waals surface area (Å²) in [5.41, 5.74) is 0. The molecular formula is C9H15F3O2. The molecule has 1 saturated carbocycles. The van der Waals surface area contributed by atoms with Crippen LogP contribution in [-0.2, 0) is 4.74 Å². The van der Waals surface area contributed by atoms with Gasteiger partial charge in [-0.05, 0) is 12.3 Å². The molecule has 1 atom stereocenters. The lowest BCUT2D eigenvalue weighted by Gasteiger charge is -2.27. The van der Waals surface area contributed by atoms with Crippen LogP contribution in [0.15, 0.2) is 0 Å². The minimum absolute atomic E-state index is 0.212. The predicted molar refractivity (Wildman–Crippen MR) is 44.8 cm³/mol. The van der Waals surface area contributed by atoms with Gasteiger partial charge in [-0.1, -0.05) is 19.3 Å². The lowest BCUT2D eigenvalue weighted by molar-refractivity contribution is -0.179. The van der Waals surface area contributed by atoms with Crippen LogP contribution in [0.5, 0.6) is 0 Å². The van der Waals surface area contributed by atoms with Gasteiger partial charge in [0.1, 0.15) is 6.61 Å². The first-order valence-electron chi connectivity index (χ1n) is 4.80. The molecule has 0 radical (unpaired) electrons. The number of aliphatic hydroxyl groups excluding tert-OH is 1. The van der Waals surface area contributed by atoms with E-state index in [4.69, 9.17) is 0 Å². The Balaban J connectivity index is 1.99. The Bertz CT molecular complexity index is 166. The molecule has 0 aromatic carbocycles. The molecule has 0 amide bonds. The summed E-state index contributed by atoms with van der Waals surface area (Å²) in [6.07, 6.45) is -1.15. The molecule has 0 spiro atoms. The smallest absolute Gasteiger partial charge is 0.391 e. The summed E-state index contributed by atoms with van der Waals surface area (Å²) in [6, 6.07) is 0. The number of halogens is 3. The third-order valence-electron chi connectivity index (χ3n) is 2.41. The highest BCUT2D eigenvalue weighted by Gasteiger charge is 2.28. The van der Waals surface area contributed by atoms with Crippen molar-refractivity contribution >= 4 is 0 Å². The van der Waals surface area contributed by atoms with Gasteiger partial charge in [-0.3, -0.25) is 0 Å². The molecular weight excluding hydrogens is 197 g/mol. The van der Waals surface area contributed by atoms with Gasteiger partial charge >= 0.3 is 6.18 Å². The fourth-order valence-corrected chi connectivity index (χ4v) is 1.49. The van der Waals surface area contributed by atoms with Crippen molar-refractivity contribution in [3.8, 4) is 0 Å². The summed E-state index contributed by atoms with van der Waals surface area (Å²) in [6.45, 7) is -1.48. The van der Waals surface area contributed by atoms with Gasteiger partial charge < -0.3 is 9.84 Å². The Morgan fingerprint density at radius 2 is 2.00 bits per heavy atom. The first kappa shape index (κ1) is 11.8. The van der Waals surface area contributed by atoms with Crippen LogP contribution < -0.4 is 0 Å². The molecule has 2 nitrogen and oxygen atoms in total. The summed E-state index contributed by atoms with van der Waals surface area (Å²) in [5, 5.41) is 9.29. The van der Waals surface area contributed by atoms with Crippen LogP contribution >= 0.6 is 0 Å². The second-order valence-corrected chi connectivity index (χ2v) is 3.82. The Hall–Kier alpha value is -0.290. The average Bonchev–Trinajstić information content (AvgIpc) is 1.94. The Morgan fingerprint density at radius 1 is 1.36 bits per heavy atom. The number of hydrogen-bond donors (Lipinski definition) is 1. The van der Waals surface area contributed by atoms with E-state index in [1.807, 2.05) is 0 Å². The quantitative estimate of drug-likeness (QED) is 0.756. The maximum absolute atomic E-state index is 11.6. The SMILES string of the molecule is OC(COCC(F)(F)F)CC1CCC1. The summed E-state index contributed by atoms with van der Waals surface area (Å²) >= 11 is 0. The first-order valence-corrected chi connectivity index (χ1v) is 4.80. The van der Waals surface area contributed by atoms with E-state index in [2.05, 4.69) is 4.74 Å². The van der Waals surface area contributed by atoms with Crippen LogP contribution in [0.25, 0.3) is 0 Å². The summed E-state index contributed by atoms with van der Waals surface area (Å²) in [4.78, 5) is 0. The molecule has 1 aliphatic rings. The monoisotopic (exact) mass is 212 g/mol. The van der Waals surface area contributed by atoms with Gasteiger partial charge in [0, 0.05) is 0 Å². The van der Waals surface area contributed by atoms with E-state index in [0.29, 0.717) is 12.3 Å². The molecule has 1 unspecified atom stereocenters. The molecule has 84 valence electrons. The zero-order valence-corrected chi connectivity index (χ0v) is 7.89. The molecule has 1 aliphatic carbocycles. The maximum Gasteiger partial charge on any atom is 0.411 e. The van der Waals surface area contributed by atoms with Gasteiger partial charge in [0.15, 0.2) is 0 Å². The van der Waals surface area contributed by atoms with Crippen LogP contribution in [0.2, 0.25) is 0 Å². The van der Waals surface area contributed by atoms with Crippen molar-refractivity contribution < 1.29 is 23.0 Å². The van der Waals surface area contributed by atoms with Gasteiger partial charge in [0.05, 0.1) is 12.7 Å². The van der Waals surface area contributed by atoms with Gasteiger partial charge in [0.2, 0.25) is 0 Å². The van der Waals surface area contributed by atoms with E-state index >= 15 is 0 Å². The normalized spacial score (nSPS) is 20.6. The minimum Gasteiger partial charge on any atom is -0.391 e. The zero-order chi connectivity index (χ0) is 10.6. The molecule has 1 rings (SSSR count). The Labute approximate surface area is 81.1 Å². The standard InChI is InChI=1S/C9H15F3O2/c10-9(11,12)6-14-5-8(13)4-7-2-1-3-7/h7-8,13H,1-6H2. The van der Waals surface area contributed by atoms with Crippen molar-refractivity contribution in [2.75, 3.05) is 13.2 Å². The number of alkyl halides is 3. The van der Waals surface area contributed by atoms with Crippen molar-refractivity contribution in [3.05, 3.63) is 0 Å². The first-order chi connectivity index (χ1) is 6.47. The van der Waals surface area contributed by atoms with Crippen LogP contribution in [0.4, 0.5) is 13.2 Å². The van der Waals surface area contributed by atoms with Crippen LogP contribution in [0.1, 0.15) is 25.7 Å². The van der Waals surface area contributed by atoms with E-state index in [0.717, 1.165) is 12.8 Å². The van der Waals surface area contributed by atoms with Crippen molar-refractivity contribution in [1.29, 1.82) is 0 Å². The zero-order valence-electron chi connectivity index (χ0n) is 7.89. The minimum atomic E-state index is -4.30. The van der Waals surface area contributed by atoms with E-state index in [9.17, 15) is 18.3 Å². The summed E-state index contributed by atoms with van der Waals surface area (Å²) in [5.74, 6) is 0.486. The van der Waals surface area contributed by atoms with Crippen molar-refractivity contribution in [2.24, 2.45) is 5.92 Å². The molecule has 0 aromatic heterocycles. The molecule has 14 heavy (non-hydrogen) atoms. The van der Waals surface area contributed by atoms with E-state index in [-0.39, 0.29) is 6.61 Å². The number of aliphatic hydroxyl groups is 1. The Morgan fingerprint density at radius 3 is 2.43 bits per heavy atom. The topological polar surface area (TPSA) is 29.5 Å². The van der Waals surface area contributed by atoms with Gasteiger partial charge in [-0.2, -0.15) is 13.2 Å². The van der Waals surface area contributed by atoms with Gasteiger partial charge in [-0.15, -0.1) is 0 Å². The highest BCUT2D eigenvalue weighted by molar-refractivity contribution is 4.72. The second kappa shape index (κ2) is 4.98. The van der Waals surface area contributed by atoms with Crippen LogP contribution in [0.3, 0.4) is 0 Å². The molecule has 1 N–H and O–H groups in total. The molecule has 5 heteroatoms. The average molecular weight is 212 g/mol. The number of ether oxygens (including phenoxy) is 1. The molecule has 0 bridgehead atoms. The van der Waals surface area contributed by atoms with Crippen LogP contribution in [0, 0.1) is 5.92 Å². The van der Waals surface area contributed by atoms with Crippen molar-refractivity contribution in [3.63, 3.8) is 0 Å². The number of hydrogen-bond acceptors (Lipinski definition) is 2. The second-order valence-electron chi connectivity index (χ2n) is 3.82.